The normalized spacial score (nSPS) is 32.6. The summed E-state index contributed by atoms with van der Waals surface area (Å²) >= 11 is 3.49. The van der Waals surface area contributed by atoms with Crippen molar-refractivity contribution < 1.29 is 4.74 Å². The predicted octanol–water partition coefficient (Wildman–Crippen LogP) is 4.25. The minimum absolute atomic E-state index is 0.472. The van der Waals surface area contributed by atoms with Gasteiger partial charge in [-0.2, -0.15) is 0 Å². The van der Waals surface area contributed by atoms with Gasteiger partial charge in [0, 0.05) is 5.33 Å². The number of rotatable bonds is 4. The summed E-state index contributed by atoms with van der Waals surface area (Å²) in [4.78, 5) is 0. The number of ether oxygens (including phenoxy) is 1. The van der Waals surface area contributed by atoms with Crippen molar-refractivity contribution in [2.45, 2.75) is 53.1 Å². The van der Waals surface area contributed by atoms with E-state index in [1.807, 2.05) is 0 Å². The molecule has 1 saturated carbocycles. The second-order valence-corrected chi connectivity index (χ2v) is 6.78. The van der Waals surface area contributed by atoms with Gasteiger partial charge in [0.25, 0.3) is 0 Å². The maximum atomic E-state index is 6.01. The van der Waals surface area contributed by atoms with Crippen LogP contribution in [0.4, 0.5) is 0 Å². The maximum absolute atomic E-state index is 6.01. The van der Waals surface area contributed by atoms with E-state index in [-0.39, 0.29) is 0 Å². The van der Waals surface area contributed by atoms with Gasteiger partial charge in [0.05, 0.1) is 12.7 Å². The molecular weight excluding hydrogens is 252 g/mol. The molecule has 0 aromatic carbocycles. The van der Waals surface area contributed by atoms with Gasteiger partial charge in [-0.15, -0.1) is 0 Å². The topological polar surface area (TPSA) is 9.23 Å². The van der Waals surface area contributed by atoms with Gasteiger partial charge in [-0.3, -0.25) is 0 Å². The van der Waals surface area contributed by atoms with Crippen LogP contribution in [0.3, 0.4) is 0 Å². The molecule has 0 heterocycles. The molecule has 0 aliphatic heterocycles. The molecule has 1 fully saturated rings. The molecule has 0 spiro atoms. The Kier molecular flexibility index (Phi) is 5.11. The van der Waals surface area contributed by atoms with E-state index in [2.05, 4.69) is 43.6 Å². The lowest BCUT2D eigenvalue weighted by Gasteiger charge is -2.39. The lowest BCUT2D eigenvalue weighted by atomic mass is 9.71. The quantitative estimate of drug-likeness (QED) is 0.698. The van der Waals surface area contributed by atoms with Gasteiger partial charge in [0.1, 0.15) is 0 Å². The number of hydrogen-bond acceptors (Lipinski definition) is 1. The largest absolute Gasteiger partial charge is 0.378 e. The number of alkyl halides is 1. The van der Waals surface area contributed by atoms with E-state index in [9.17, 15) is 0 Å². The van der Waals surface area contributed by atoms with Crippen LogP contribution in [0.5, 0.6) is 0 Å². The van der Waals surface area contributed by atoms with Gasteiger partial charge in [0.2, 0.25) is 0 Å². The Labute approximate surface area is 103 Å². The first kappa shape index (κ1) is 13.5. The Hall–Kier alpha value is 0.440. The molecule has 2 heteroatoms. The number of halogens is 1. The van der Waals surface area contributed by atoms with Gasteiger partial charge < -0.3 is 4.74 Å². The summed E-state index contributed by atoms with van der Waals surface area (Å²) < 4.78 is 6.01. The van der Waals surface area contributed by atoms with E-state index in [4.69, 9.17) is 4.74 Å². The van der Waals surface area contributed by atoms with Crippen LogP contribution in [-0.4, -0.2) is 18.0 Å². The molecule has 3 atom stereocenters. The zero-order valence-corrected chi connectivity index (χ0v) is 12.1. The second kappa shape index (κ2) is 5.67. The van der Waals surface area contributed by atoms with Gasteiger partial charge in [-0.1, -0.05) is 43.6 Å². The Morgan fingerprint density at radius 2 is 2.07 bits per heavy atom. The van der Waals surface area contributed by atoms with E-state index in [1.54, 1.807) is 0 Å². The maximum Gasteiger partial charge on any atom is 0.0582 e. The van der Waals surface area contributed by atoms with E-state index >= 15 is 0 Å². The fourth-order valence-corrected chi connectivity index (χ4v) is 2.92. The highest BCUT2D eigenvalue weighted by molar-refractivity contribution is 9.09. The van der Waals surface area contributed by atoms with Crippen molar-refractivity contribution in [2.24, 2.45) is 17.3 Å². The molecule has 0 N–H and O–H groups in total. The fourth-order valence-electron chi connectivity index (χ4n) is 2.73. The highest BCUT2D eigenvalue weighted by Crippen LogP contribution is 2.39. The van der Waals surface area contributed by atoms with Gasteiger partial charge in [-0.05, 0) is 36.5 Å². The Balaban J connectivity index is 2.35. The summed E-state index contributed by atoms with van der Waals surface area (Å²) in [5.74, 6) is 1.45. The second-order valence-electron chi connectivity index (χ2n) is 6.13. The molecule has 15 heavy (non-hydrogen) atoms. The predicted molar refractivity (Wildman–Crippen MR) is 69.5 cm³/mol. The molecule has 1 aliphatic rings. The van der Waals surface area contributed by atoms with E-state index in [0.717, 1.165) is 17.9 Å². The molecular formula is C13H25BrO. The van der Waals surface area contributed by atoms with Crippen molar-refractivity contribution in [1.29, 1.82) is 0 Å². The molecule has 90 valence electrons. The van der Waals surface area contributed by atoms with Gasteiger partial charge in [0.15, 0.2) is 0 Å². The molecule has 0 bridgehead atoms. The standard InChI is InChI=1S/C13H25BrO/c1-10-5-12(7-13(3,4)6-10)15-9-11(2)8-14/h10-12H,5-9H2,1-4H3. The molecule has 3 unspecified atom stereocenters. The minimum atomic E-state index is 0.472. The average Bonchev–Trinajstić information content (AvgIpc) is 2.11. The minimum Gasteiger partial charge on any atom is -0.378 e. The Bertz CT molecular complexity index is 191. The SMILES string of the molecule is CC(CBr)COC1CC(C)CC(C)(C)C1. The zero-order valence-electron chi connectivity index (χ0n) is 10.6. The third-order valence-corrected chi connectivity index (χ3v) is 4.33. The van der Waals surface area contributed by atoms with Crippen molar-refractivity contribution in [1.82, 2.24) is 0 Å². The van der Waals surface area contributed by atoms with Crippen molar-refractivity contribution in [3.05, 3.63) is 0 Å². The highest BCUT2D eigenvalue weighted by atomic mass is 79.9. The van der Waals surface area contributed by atoms with E-state index < -0.39 is 0 Å². The lowest BCUT2D eigenvalue weighted by Crippen LogP contribution is -2.33. The van der Waals surface area contributed by atoms with Crippen molar-refractivity contribution in [3.63, 3.8) is 0 Å². The molecule has 1 aliphatic carbocycles. The third-order valence-electron chi connectivity index (χ3n) is 3.23. The first-order valence-electron chi connectivity index (χ1n) is 6.10. The molecule has 0 saturated heterocycles. The van der Waals surface area contributed by atoms with Gasteiger partial charge >= 0.3 is 0 Å². The smallest absolute Gasteiger partial charge is 0.0582 e. The monoisotopic (exact) mass is 276 g/mol. The van der Waals surface area contributed by atoms with Crippen LogP contribution in [-0.2, 0) is 4.74 Å². The molecule has 0 aromatic heterocycles. The van der Waals surface area contributed by atoms with E-state index in [0.29, 0.717) is 17.4 Å². The average molecular weight is 277 g/mol. The van der Waals surface area contributed by atoms with E-state index in [1.165, 1.54) is 19.3 Å². The first-order valence-corrected chi connectivity index (χ1v) is 7.22. The Morgan fingerprint density at radius 1 is 1.40 bits per heavy atom. The fraction of sp³-hybridized carbons (Fsp3) is 1.00. The van der Waals surface area contributed by atoms with Crippen LogP contribution < -0.4 is 0 Å². The van der Waals surface area contributed by atoms with Crippen molar-refractivity contribution in [3.8, 4) is 0 Å². The molecule has 1 nitrogen and oxygen atoms in total. The molecule has 0 amide bonds. The molecule has 0 aromatic rings. The van der Waals surface area contributed by atoms with Crippen LogP contribution in [0.1, 0.15) is 47.0 Å². The van der Waals surface area contributed by atoms with Crippen molar-refractivity contribution >= 4 is 15.9 Å². The summed E-state index contributed by atoms with van der Waals surface area (Å²) in [6.45, 7) is 10.2. The Morgan fingerprint density at radius 3 is 2.60 bits per heavy atom. The third kappa shape index (κ3) is 4.86. The summed E-state index contributed by atoms with van der Waals surface area (Å²) in [5.41, 5.74) is 0.472. The van der Waals surface area contributed by atoms with Crippen LogP contribution in [0.15, 0.2) is 0 Å². The van der Waals surface area contributed by atoms with Crippen LogP contribution in [0.2, 0.25) is 0 Å². The summed E-state index contributed by atoms with van der Waals surface area (Å²) in [5, 5.41) is 1.04. The van der Waals surface area contributed by atoms with Crippen LogP contribution in [0.25, 0.3) is 0 Å². The summed E-state index contributed by atoms with van der Waals surface area (Å²) in [6, 6.07) is 0. The molecule has 0 radical (unpaired) electrons. The lowest BCUT2D eigenvalue weighted by molar-refractivity contribution is -0.0318. The van der Waals surface area contributed by atoms with Crippen LogP contribution in [0, 0.1) is 17.3 Å². The molecule has 1 rings (SSSR count). The summed E-state index contributed by atoms with van der Waals surface area (Å²) in [6.07, 6.45) is 4.32. The van der Waals surface area contributed by atoms with Crippen molar-refractivity contribution in [2.75, 3.05) is 11.9 Å². The van der Waals surface area contributed by atoms with Gasteiger partial charge in [-0.25, -0.2) is 0 Å². The summed E-state index contributed by atoms with van der Waals surface area (Å²) in [7, 11) is 0. The highest BCUT2D eigenvalue weighted by Gasteiger charge is 2.32. The zero-order chi connectivity index (χ0) is 11.5. The van der Waals surface area contributed by atoms with Crippen LogP contribution >= 0.6 is 15.9 Å². The first-order chi connectivity index (χ1) is 6.93. The number of hydrogen-bond donors (Lipinski definition) is 0.